The van der Waals surface area contributed by atoms with Crippen molar-refractivity contribution in [2.45, 2.75) is 62.6 Å². The summed E-state index contributed by atoms with van der Waals surface area (Å²) in [5, 5.41) is 0.231. The number of hydrogen-bond acceptors (Lipinski definition) is 6. The first-order chi connectivity index (χ1) is 16.6. The molecule has 9 heteroatoms. The highest BCUT2D eigenvalue weighted by atomic mass is 32.2. The lowest BCUT2D eigenvalue weighted by molar-refractivity contribution is -0.155. The molecule has 1 heterocycles. The highest BCUT2D eigenvalue weighted by Gasteiger charge is 2.40. The Bertz CT molecular complexity index is 1260. The molecule has 188 valence electrons. The van der Waals surface area contributed by atoms with Crippen LogP contribution in [0.15, 0.2) is 59.8 Å². The number of carbonyl (C=O) groups excluding carboxylic acids is 1. The molecule has 1 unspecified atom stereocenters. The summed E-state index contributed by atoms with van der Waals surface area (Å²) in [4.78, 5) is 17.2. The van der Waals surface area contributed by atoms with Gasteiger partial charge < -0.3 is 9.30 Å². The number of rotatable bonds is 11. The van der Waals surface area contributed by atoms with E-state index in [9.17, 15) is 13.2 Å². The maximum Gasteiger partial charge on any atom is 0.326 e. The molecule has 2 aromatic carbocycles. The van der Waals surface area contributed by atoms with Crippen molar-refractivity contribution in [2.75, 3.05) is 12.3 Å². The zero-order chi connectivity index (χ0) is 25.1. The predicted molar refractivity (Wildman–Crippen MR) is 140 cm³/mol. The number of benzene rings is 2. The van der Waals surface area contributed by atoms with Crippen molar-refractivity contribution in [1.82, 2.24) is 14.3 Å². The van der Waals surface area contributed by atoms with E-state index < -0.39 is 20.9 Å². The van der Waals surface area contributed by atoms with Crippen LogP contribution in [0.3, 0.4) is 0 Å². The van der Waals surface area contributed by atoms with Crippen molar-refractivity contribution in [3.8, 4) is 0 Å². The number of fused-ring (bicyclic) bond motifs is 1. The van der Waals surface area contributed by atoms with Crippen molar-refractivity contribution >= 4 is 38.8 Å². The number of nitrogens with one attached hydrogen (secondary N) is 1. The molecule has 0 spiro atoms. The Morgan fingerprint density at radius 1 is 1.14 bits per heavy atom. The summed E-state index contributed by atoms with van der Waals surface area (Å²) in [6.07, 6.45) is 2.54. The highest BCUT2D eigenvalue weighted by Crippen LogP contribution is 2.45. The van der Waals surface area contributed by atoms with Crippen LogP contribution in [0.1, 0.15) is 50.8 Å². The van der Waals surface area contributed by atoms with E-state index in [-0.39, 0.29) is 18.4 Å². The second-order valence-electron chi connectivity index (χ2n) is 9.87. The Morgan fingerprint density at radius 2 is 1.83 bits per heavy atom. The summed E-state index contributed by atoms with van der Waals surface area (Å²) in [6, 6.07) is 17.2. The first-order valence-corrected chi connectivity index (χ1v) is 14.5. The van der Waals surface area contributed by atoms with E-state index in [1.54, 1.807) is 0 Å². The maximum absolute atomic E-state index is 13.1. The first-order valence-electron chi connectivity index (χ1n) is 12.0. The van der Waals surface area contributed by atoms with Crippen LogP contribution in [0, 0.1) is 5.92 Å². The SMILES string of the molecule is CC(C)(C)OC(=O)Cn1c(SCCCNS(=O)(=O)C(c2ccccc2)C2CC2)nc2ccccc21. The minimum atomic E-state index is -3.46. The van der Waals surface area contributed by atoms with Crippen molar-refractivity contribution in [2.24, 2.45) is 5.92 Å². The average Bonchev–Trinajstić information content (AvgIpc) is 3.55. The summed E-state index contributed by atoms with van der Waals surface area (Å²) in [5.41, 5.74) is 1.98. The smallest absolute Gasteiger partial charge is 0.326 e. The van der Waals surface area contributed by atoms with Crippen molar-refractivity contribution in [1.29, 1.82) is 0 Å². The third kappa shape index (κ3) is 6.86. The monoisotopic (exact) mass is 515 g/mol. The zero-order valence-electron chi connectivity index (χ0n) is 20.4. The topological polar surface area (TPSA) is 90.3 Å². The lowest BCUT2D eigenvalue weighted by Gasteiger charge is -2.20. The number of imidazole rings is 1. The number of esters is 1. The molecule has 0 aliphatic heterocycles. The van der Waals surface area contributed by atoms with Gasteiger partial charge in [-0.3, -0.25) is 4.79 Å². The number of ether oxygens (including phenoxy) is 1. The molecule has 1 aliphatic rings. The van der Waals surface area contributed by atoms with Gasteiger partial charge in [0.05, 0.1) is 11.0 Å². The van der Waals surface area contributed by atoms with E-state index in [1.807, 2.05) is 79.9 Å². The van der Waals surface area contributed by atoms with E-state index in [2.05, 4.69) is 9.71 Å². The molecule has 0 radical (unpaired) electrons. The largest absolute Gasteiger partial charge is 0.459 e. The van der Waals surface area contributed by atoms with Crippen LogP contribution in [-0.4, -0.2) is 41.8 Å². The summed E-state index contributed by atoms with van der Waals surface area (Å²) < 4.78 is 36.3. The summed E-state index contributed by atoms with van der Waals surface area (Å²) >= 11 is 1.52. The Hall–Kier alpha value is -2.36. The zero-order valence-corrected chi connectivity index (χ0v) is 22.1. The molecule has 1 N–H and O–H groups in total. The molecule has 35 heavy (non-hydrogen) atoms. The standard InChI is InChI=1S/C26H33N3O4S2/c1-26(2,3)33-23(30)18-29-22-13-8-7-12-21(22)28-25(29)34-17-9-16-27-35(31,32)24(20-14-15-20)19-10-5-4-6-11-19/h4-8,10-13,20,24,27H,9,14-18H2,1-3H3. The molecular formula is C26H33N3O4S2. The number of hydrogen-bond donors (Lipinski definition) is 1. The van der Waals surface area contributed by atoms with E-state index in [0.717, 1.165) is 34.6 Å². The van der Waals surface area contributed by atoms with Crippen LogP contribution in [0.5, 0.6) is 0 Å². The van der Waals surface area contributed by atoms with Crippen molar-refractivity contribution < 1.29 is 17.9 Å². The van der Waals surface area contributed by atoms with Gasteiger partial charge in [0.25, 0.3) is 0 Å². The Morgan fingerprint density at radius 3 is 2.51 bits per heavy atom. The van der Waals surface area contributed by atoms with Crippen LogP contribution < -0.4 is 4.72 Å². The highest BCUT2D eigenvalue weighted by molar-refractivity contribution is 7.99. The lowest BCUT2D eigenvalue weighted by Crippen LogP contribution is -2.31. The van der Waals surface area contributed by atoms with Gasteiger partial charge in [-0.15, -0.1) is 0 Å². The normalized spacial score (nSPS) is 15.3. The molecule has 3 aromatic rings. The molecule has 0 saturated heterocycles. The third-order valence-electron chi connectivity index (χ3n) is 5.69. The van der Waals surface area contributed by atoms with Gasteiger partial charge in [0, 0.05) is 12.3 Å². The fourth-order valence-corrected chi connectivity index (χ4v) is 6.96. The molecule has 1 aliphatic carbocycles. The molecule has 0 bridgehead atoms. The van der Waals surface area contributed by atoms with Crippen LogP contribution >= 0.6 is 11.8 Å². The fraction of sp³-hybridized carbons (Fsp3) is 0.462. The quantitative estimate of drug-likeness (QED) is 0.221. The van der Waals surface area contributed by atoms with Gasteiger partial charge in [0.1, 0.15) is 17.4 Å². The predicted octanol–water partition coefficient (Wildman–Crippen LogP) is 4.93. The molecular weight excluding hydrogens is 482 g/mol. The van der Waals surface area contributed by atoms with Gasteiger partial charge in [-0.2, -0.15) is 0 Å². The Labute approximate surface area is 211 Å². The lowest BCUT2D eigenvalue weighted by atomic mass is 10.1. The number of carbonyl (C=O) groups is 1. The van der Waals surface area contributed by atoms with Gasteiger partial charge >= 0.3 is 5.97 Å². The second kappa shape index (κ2) is 10.7. The fourth-order valence-electron chi connectivity index (χ4n) is 4.11. The molecule has 1 aromatic heterocycles. The number of sulfonamides is 1. The van der Waals surface area contributed by atoms with E-state index >= 15 is 0 Å². The number of nitrogens with zero attached hydrogens (tertiary/aromatic N) is 2. The Balaban J connectivity index is 1.36. The summed E-state index contributed by atoms with van der Waals surface area (Å²) in [5.74, 6) is 0.541. The number of thioether (sulfide) groups is 1. The summed E-state index contributed by atoms with van der Waals surface area (Å²) in [6.45, 7) is 5.97. The van der Waals surface area contributed by atoms with Gasteiger partial charge in [-0.05, 0) is 63.6 Å². The minimum Gasteiger partial charge on any atom is -0.459 e. The minimum absolute atomic E-state index is 0.0763. The van der Waals surface area contributed by atoms with Crippen molar-refractivity contribution in [3.63, 3.8) is 0 Å². The van der Waals surface area contributed by atoms with Gasteiger partial charge in [-0.1, -0.05) is 54.2 Å². The van der Waals surface area contributed by atoms with E-state index in [1.165, 1.54) is 11.8 Å². The second-order valence-corrected chi connectivity index (χ2v) is 12.8. The number of para-hydroxylation sites is 2. The van der Waals surface area contributed by atoms with E-state index in [4.69, 9.17) is 4.74 Å². The average molecular weight is 516 g/mol. The molecule has 4 rings (SSSR count). The van der Waals surface area contributed by atoms with Gasteiger partial charge in [0.15, 0.2) is 5.16 Å². The maximum atomic E-state index is 13.1. The van der Waals surface area contributed by atoms with Crippen LogP contribution in [0.2, 0.25) is 0 Å². The molecule has 7 nitrogen and oxygen atoms in total. The molecule has 1 atom stereocenters. The molecule has 1 saturated carbocycles. The van der Waals surface area contributed by atoms with Crippen LogP contribution in [0.4, 0.5) is 0 Å². The van der Waals surface area contributed by atoms with Crippen LogP contribution in [0.25, 0.3) is 11.0 Å². The first kappa shape index (κ1) is 25.7. The van der Waals surface area contributed by atoms with Gasteiger partial charge in [0.2, 0.25) is 10.0 Å². The Kier molecular flexibility index (Phi) is 7.88. The molecule has 1 fully saturated rings. The third-order valence-corrected chi connectivity index (χ3v) is 8.69. The van der Waals surface area contributed by atoms with E-state index in [0.29, 0.717) is 18.7 Å². The van der Waals surface area contributed by atoms with Gasteiger partial charge in [-0.25, -0.2) is 18.1 Å². The number of aromatic nitrogens is 2. The summed E-state index contributed by atoms with van der Waals surface area (Å²) in [7, 11) is -3.46. The van der Waals surface area contributed by atoms with Crippen molar-refractivity contribution in [3.05, 3.63) is 60.2 Å². The molecule has 0 amide bonds. The van der Waals surface area contributed by atoms with Crippen LogP contribution in [-0.2, 0) is 26.1 Å².